The number of carbonyl (C=O) groups excluding carboxylic acids is 3. The van der Waals surface area contributed by atoms with E-state index in [1.807, 2.05) is 66.1 Å². The van der Waals surface area contributed by atoms with Crippen molar-refractivity contribution in [3.8, 4) is 0 Å². The van der Waals surface area contributed by atoms with Crippen molar-refractivity contribution < 1.29 is 49.2 Å². The number of amides is 3. The van der Waals surface area contributed by atoms with Crippen LogP contribution in [0.15, 0.2) is 54.6 Å². The van der Waals surface area contributed by atoms with Gasteiger partial charge in [0, 0.05) is 31.4 Å². The third kappa shape index (κ3) is 9.70. The third-order valence-corrected chi connectivity index (χ3v) is 9.86. The number of likely N-dealkylation sites (tertiary alicyclic amines) is 1. The first kappa shape index (κ1) is 39.0. The Bertz CT molecular complexity index is 1570. The molecule has 0 bridgehead atoms. The molecule has 276 valence electrons. The molecule has 6 N–H and O–H groups in total. The van der Waals surface area contributed by atoms with Crippen molar-refractivity contribution in [3.05, 3.63) is 65.7 Å². The Kier molecular flexibility index (Phi) is 12.9. The number of aliphatic hydroxyl groups is 1. The Balaban J connectivity index is 0.000000383. The van der Waals surface area contributed by atoms with Gasteiger partial charge in [0.1, 0.15) is 6.04 Å². The van der Waals surface area contributed by atoms with Gasteiger partial charge in [-0.3, -0.25) is 24.0 Å². The molecular weight excluding hydrogens is 660 g/mol. The zero-order valence-corrected chi connectivity index (χ0v) is 29.0. The Morgan fingerprint density at radius 1 is 0.922 bits per heavy atom. The number of carboxylic acids is 3. The van der Waals surface area contributed by atoms with E-state index in [0.29, 0.717) is 26.1 Å². The number of aliphatic carboxylic acids is 3. The molecule has 3 heterocycles. The van der Waals surface area contributed by atoms with Gasteiger partial charge >= 0.3 is 17.9 Å². The molecule has 0 spiro atoms. The van der Waals surface area contributed by atoms with Crippen molar-refractivity contribution in [1.82, 2.24) is 15.5 Å². The molecule has 0 radical (unpaired) electrons. The fraction of sp³-hybridized carbons (Fsp3) is 0.514. The van der Waals surface area contributed by atoms with Gasteiger partial charge in [0.25, 0.3) is 0 Å². The van der Waals surface area contributed by atoms with Gasteiger partial charge in [0.05, 0.1) is 24.2 Å². The summed E-state index contributed by atoms with van der Waals surface area (Å²) in [5.41, 5.74) is -0.0423. The number of piperidine rings is 2. The van der Waals surface area contributed by atoms with Crippen molar-refractivity contribution >= 4 is 41.3 Å². The highest BCUT2D eigenvalue weighted by atomic mass is 16.4. The summed E-state index contributed by atoms with van der Waals surface area (Å²) in [6.45, 7) is 6.76. The van der Waals surface area contributed by atoms with Crippen LogP contribution in [-0.2, 0) is 40.6 Å². The SMILES string of the molecule is CC1(C)C(=O)N(C2CCN(C(=O)[C@H](CCc3ccccc3)NC(=O)[C@@H]3CCCNC3)CC2)c2ccccc21.O=C(O)CC(O)(CC(=O)O)C(=O)O. The quantitative estimate of drug-likeness (QED) is 0.188. The van der Waals surface area contributed by atoms with Crippen LogP contribution in [0.1, 0.15) is 69.9 Å². The van der Waals surface area contributed by atoms with E-state index in [0.717, 1.165) is 55.5 Å². The number of nitrogens with one attached hydrogen (secondary N) is 2. The second-order valence-corrected chi connectivity index (χ2v) is 14.0. The molecule has 2 aromatic rings. The van der Waals surface area contributed by atoms with Gasteiger partial charge in [0.2, 0.25) is 17.7 Å². The number of fused-ring (bicyclic) bond motifs is 1. The second-order valence-electron chi connectivity index (χ2n) is 14.0. The Labute approximate surface area is 296 Å². The summed E-state index contributed by atoms with van der Waals surface area (Å²) in [5, 5.41) is 40.2. The maximum atomic E-state index is 13.7. The first-order valence-electron chi connectivity index (χ1n) is 17.3. The lowest BCUT2D eigenvalue weighted by Crippen LogP contribution is -2.55. The molecule has 3 aliphatic heterocycles. The third-order valence-electron chi connectivity index (χ3n) is 9.86. The molecule has 2 atom stereocenters. The number of para-hydroxylation sites is 1. The lowest BCUT2D eigenvalue weighted by Gasteiger charge is -2.39. The van der Waals surface area contributed by atoms with E-state index < -0.39 is 47.8 Å². The summed E-state index contributed by atoms with van der Waals surface area (Å²) in [6.07, 6.45) is 2.30. The van der Waals surface area contributed by atoms with E-state index in [9.17, 15) is 28.8 Å². The zero-order chi connectivity index (χ0) is 37.3. The molecule has 0 unspecified atom stereocenters. The highest BCUT2D eigenvalue weighted by molar-refractivity contribution is 6.08. The van der Waals surface area contributed by atoms with Gasteiger partial charge < -0.3 is 40.9 Å². The second kappa shape index (κ2) is 16.9. The van der Waals surface area contributed by atoms with Crippen LogP contribution >= 0.6 is 0 Å². The molecule has 0 saturated carbocycles. The first-order chi connectivity index (χ1) is 24.1. The number of carboxylic acid groups (broad SMARTS) is 3. The van der Waals surface area contributed by atoms with Crippen LogP contribution in [0.4, 0.5) is 5.69 Å². The molecule has 0 aliphatic carbocycles. The highest BCUT2D eigenvalue weighted by Crippen LogP contribution is 2.43. The van der Waals surface area contributed by atoms with Crippen LogP contribution in [0.5, 0.6) is 0 Å². The Morgan fingerprint density at radius 2 is 1.53 bits per heavy atom. The molecule has 14 nitrogen and oxygen atoms in total. The summed E-state index contributed by atoms with van der Waals surface area (Å²) in [7, 11) is 0. The molecule has 0 aromatic heterocycles. The Hall–Kier alpha value is -4.82. The van der Waals surface area contributed by atoms with E-state index in [1.54, 1.807) is 0 Å². The van der Waals surface area contributed by atoms with Crippen LogP contribution in [0, 0.1) is 5.92 Å². The summed E-state index contributed by atoms with van der Waals surface area (Å²) in [4.78, 5) is 74.6. The van der Waals surface area contributed by atoms with Crippen molar-refractivity contribution in [1.29, 1.82) is 0 Å². The maximum Gasteiger partial charge on any atom is 0.336 e. The number of rotatable bonds is 12. The number of anilines is 1. The summed E-state index contributed by atoms with van der Waals surface area (Å²) in [5.74, 6) is -5.01. The topological polar surface area (TPSA) is 214 Å². The molecule has 2 fully saturated rings. The number of carbonyl (C=O) groups is 6. The number of hydrogen-bond donors (Lipinski definition) is 6. The zero-order valence-electron chi connectivity index (χ0n) is 29.0. The van der Waals surface area contributed by atoms with Crippen molar-refractivity contribution in [3.63, 3.8) is 0 Å². The predicted molar refractivity (Wildman–Crippen MR) is 186 cm³/mol. The fourth-order valence-electron chi connectivity index (χ4n) is 6.96. The van der Waals surface area contributed by atoms with Crippen LogP contribution in [0.2, 0.25) is 0 Å². The van der Waals surface area contributed by atoms with Crippen LogP contribution in [-0.4, -0.2) is 105 Å². The average Bonchev–Trinajstić information content (AvgIpc) is 3.30. The lowest BCUT2D eigenvalue weighted by atomic mass is 9.86. The molecule has 5 rings (SSSR count). The van der Waals surface area contributed by atoms with Gasteiger partial charge in [-0.25, -0.2) is 4.79 Å². The Morgan fingerprint density at radius 3 is 2.10 bits per heavy atom. The smallest absolute Gasteiger partial charge is 0.336 e. The van der Waals surface area contributed by atoms with E-state index in [4.69, 9.17) is 20.4 Å². The molecule has 51 heavy (non-hydrogen) atoms. The number of aryl methyl sites for hydroxylation is 1. The fourth-order valence-corrected chi connectivity index (χ4v) is 6.96. The summed E-state index contributed by atoms with van der Waals surface area (Å²) >= 11 is 0. The molecule has 14 heteroatoms. The standard InChI is InChI=1S/C31H40N4O3.C6H8O7/c1-31(2)25-12-6-7-13-27(25)35(30(31)38)24-16-19-34(20-17-24)29(37)26(15-14-22-9-4-3-5-10-22)33-28(36)23-11-8-18-32-21-23;7-3(8)1-6(13,5(11)12)2-4(9)10/h3-7,9-10,12-13,23-24,26,32H,8,11,14-21H2,1-2H3,(H,33,36);13H,1-2H2,(H,7,8)(H,9,10)(H,11,12)/t23-,26+;/m1./s1. The van der Waals surface area contributed by atoms with E-state index in [2.05, 4.69) is 22.8 Å². The van der Waals surface area contributed by atoms with Crippen LogP contribution in [0.25, 0.3) is 0 Å². The van der Waals surface area contributed by atoms with Gasteiger partial charge in [-0.1, -0.05) is 48.5 Å². The molecular formula is C37H48N4O10. The minimum atomic E-state index is -2.74. The number of benzene rings is 2. The molecule has 2 saturated heterocycles. The van der Waals surface area contributed by atoms with Crippen molar-refractivity contribution in [2.45, 2.75) is 88.3 Å². The maximum absolute atomic E-state index is 13.7. The molecule has 3 amide bonds. The average molecular weight is 709 g/mol. The minimum absolute atomic E-state index is 0.00928. The van der Waals surface area contributed by atoms with Gasteiger partial charge in [-0.15, -0.1) is 0 Å². The summed E-state index contributed by atoms with van der Waals surface area (Å²) in [6, 6.07) is 17.7. The van der Waals surface area contributed by atoms with Crippen LogP contribution < -0.4 is 15.5 Å². The largest absolute Gasteiger partial charge is 0.481 e. The lowest BCUT2D eigenvalue weighted by molar-refractivity contribution is -0.170. The normalized spacial score (nSPS) is 19.3. The van der Waals surface area contributed by atoms with Crippen LogP contribution in [0.3, 0.4) is 0 Å². The first-order valence-corrected chi connectivity index (χ1v) is 17.3. The monoisotopic (exact) mass is 708 g/mol. The predicted octanol–water partition coefficient (Wildman–Crippen LogP) is 2.17. The van der Waals surface area contributed by atoms with Crippen molar-refractivity contribution in [2.24, 2.45) is 5.92 Å². The summed E-state index contributed by atoms with van der Waals surface area (Å²) < 4.78 is 0. The number of nitrogens with zero attached hydrogens (tertiary/aromatic N) is 2. The molecule has 2 aromatic carbocycles. The minimum Gasteiger partial charge on any atom is -0.481 e. The van der Waals surface area contributed by atoms with Gasteiger partial charge in [-0.2, -0.15) is 0 Å². The van der Waals surface area contributed by atoms with Crippen molar-refractivity contribution in [2.75, 3.05) is 31.1 Å². The molecule has 3 aliphatic rings. The van der Waals surface area contributed by atoms with E-state index >= 15 is 0 Å². The van der Waals surface area contributed by atoms with E-state index in [-0.39, 0.29) is 29.7 Å². The highest BCUT2D eigenvalue weighted by Gasteiger charge is 2.47. The van der Waals surface area contributed by atoms with Gasteiger partial charge in [0.15, 0.2) is 5.60 Å². The number of hydrogen-bond acceptors (Lipinski definition) is 8. The van der Waals surface area contributed by atoms with E-state index in [1.165, 1.54) is 0 Å². The van der Waals surface area contributed by atoms with Gasteiger partial charge in [-0.05, 0) is 76.1 Å².